The minimum Gasteiger partial charge on any atom is -0.490 e. The van der Waals surface area contributed by atoms with Gasteiger partial charge in [-0.1, -0.05) is 43.7 Å². The molecule has 12 heteroatoms. The SMILES string of the molecule is CO[C@H]1/C=C/C[C@H](C)C[S@@](=O)(NC(=O)c2cc(CC(C)C3CCOCC3)n(C)c2)=NC(=O)c2ccc3c(c2)N(C[C@@H]2CC[C@H]21)C[C@@]1(CCCc2cc(Cl)ccc21)CO3. The summed E-state index contributed by atoms with van der Waals surface area (Å²) >= 11 is 6.49. The molecule has 2 aromatic carbocycles. The van der Waals surface area contributed by atoms with Gasteiger partial charge in [-0.2, -0.15) is 0 Å². The predicted molar refractivity (Wildman–Crippen MR) is 229 cm³/mol. The highest BCUT2D eigenvalue weighted by Crippen LogP contribution is 2.47. The number of rotatable bonds is 6. The monoisotopic (exact) mass is 830 g/mol. The Morgan fingerprint density at radius 1 is 1.14 bits per heavy atom. The number of hydrogen-bond donors (Lipinski definition) is 1. The molecule has 7 atom stereocenters. The number of carbonyl (C=O) groups is 2. The Hall–Kier alpha value is -3.64. The first-order valence-electron chi connectivity index (χ1n) is 21.3. The normalized spacial score (nSPS) is 30.2. The van der Waals surface area contributed by atoms with Crippen LogP contribution in [0.4, 0.5) is 5.69 Å². The van der Waals surface area contributed by atoms with Gasteiger partial charge in [-0.05, 0) is 135 Å². The summed E-state index contributed by atoms with van der Waals surface area (Å²) in [6.07, 6.45) is 14.6. The van der Waals surface area contributed by atoms with Crippen molar-refractivity contribution in [2.45, 2.75) is 83.2 Å². The molecule has 1 saturated carbocycles. The molecule has 3 aromatic rings. The van der Waals surface area contributed by atoms with Gasteiger partial charge in [0.05, 0.1) is 29.7 Å². The molecule has 58 heavy (non-hydrogen) atoms. The van der Waals surface area contributed by atoms with Crippen LogP contribution in [0.1, 0.15) is 96.3 Å². The fourth-order valence-corrected chi connectivity index (χ4v) is 12.4. The summed E-state index contributed by atoms with van der Waals surface area (Å²) in [6.45, 7) is 7.83. The Bertz CT molecular complexity index is 2170. The summed E-state index contributed by atoms with van der Waals surface area (Å²) in [6, 6.07) is 13.6. The van der Waals surface area contributed by atoms with Gasteiger partial charge in [-0.15, -0.1) is 4.36 Å². The molecule has 1 N–H and O–H groups in total. The third-order valence-corrected chi connectivity index (χ3v) is 16.0. The van der Waals surface area contributed by atoms with Gasteiger partial charge < -0.3 is 23.7 Å². The number of aromatic nitrogens is 1. The highest BCUT2D eigenvalue weighted by Gasteiger charge is 2.44. The zero-order chi connectivity index (χ0) is 40.6. The van der Waals surface area contributed by atoms with Crippen molar-refractivity contribution < 1.29 is 28.0 Å². The van der Waals surface area contributed by atoms with Crippen molar-refractivity contribution in [2.24, 2.45) is 41.0 Å². The van der Waals surface area contributed by atoms with E-state index in [0.717, 1.165) is 94.1 Å². The lowest BCUT2D eigenvalue weighted by Gasteiger charge is -2.46. The molecule has 1 unspecified atom stereocenters. The molecule has 2 fully saturated rings. The topological polar surface area (TPSA) is 111 Å². The summed E-state index contributed by atoms with van der Waals surface area (Å²) in [7, 11) is 0.162. The fourth-order valence-electron chi connectivity index (χ4n) is 10.3. The maximum Gasteiger partial charge on any atom is 0.286 e. The van der Waals surface area contributed by atoms with Gasteiger partial charge in [0.25, 0.3) is 11.8 Å². The highest BCUT2D eigenvalue weighted by molar-refractivity contribution is 7.92. The molecular formula is C46H59ClN4O6S. The largest absolute Gasteiger partial charge is 0.490 e. The van der Waals surface area contributed by atoms with Gasteiger partial charge in [0.1, 0.15) is 15.7 Å². The van der Waals surface area contributed by atoms with Gasteiger partial charge in [-0.25, -0.2) is 4.21 Å². The molecule has 0 radical (unpaired) electrons. The number of nitrogens with one attached hydrogen (secondary N) is 1. The molecular weight excluding hydrogens is 772 g/mol. The Kier molecular flexibility index (Phi) is 12.2. The van der Waals surface area contributed by atoms with E-state index in [2.05, 4.69) is 45.2 Å². The van der Waals surface area contributed by atoms with Crippen LogP contribution in [0.2, 0.25) is 5.02 Å². The van der Waals surface area contributed by atoms with Crippen molar-refractivity contribution in [1.29, 1.82) is 0 Å². The molecule has 5 aliphatic rings. The maximum absolute atomic E-state index is 14.9. The Labute approximate surface area is 349 Å². The minimum atomic E-state index is -3.55. The van der Waals surface area contributed by atoms with Crippen LogP contribution in [0, 0.1) is 29.6 Å². The van der Waals surface area contributed by atoms with E-state index >= 15 is 0 Å². The molecule has 4 heterocycles. The van der Waals surface area contributed by atoms with Gasteiger partial charge in [-0.3, -0.25) is 14.3 Å². The van der Waals surface area contributed by atoms with Crippen LogP contribution in [-0.2, 0) is 44.7 Å². The standard InChI is InChI=1S/C46H59ClN4O6S/c1-30-7-5-9-42(55-4)39-13-10-35(39)26-51-28-46(18-6-8-33-22-37(47)12-14-40(33)46)29-57-43-15-11-34(24-41(43)51)44(52)48-58(54,27-30)49-45(53)36-23-38(50(3)25-36)21-31(2)32-16-19-56-20-17-32/h5,9,11-12,14-15,22-25,30-32,35,39,42H,6-8,10,13,16-21,26-29H2,1-4H3,(H,48,49,52,53,54)/b9-5+/t30-,31?,35-,39+,42-,46-,58-/m0/s1. The van der Waals surface area contributed by atoms with Gasteiger partial charge in [0, 0.05) is 68.4 Å². The van der Waals surface area contributed by atoms with Crippen LogP contribution in [-0.4, -0.2) is 72.5 Å². The van der Waals surface area contributed by atoms with E-state index in [4.69, 9.17) is 25.8 Å². The van der Waals surface area contributed by atoms with Gasteiger partial charge in [0.2, 0.25) is 0 Å². The first kappa shape index (κ1) is 41.1. The lowest BCUT2D eigenvalue weighted by atomic mass is 9.68. The number of amides is 2. The molecule has 2 bridgehead atoms. The predicted octanol–water partition coefficient (Wildman–Crippen LogP) is 8.35. The van der Waals surface area contributed by atoms with E-state index in [1.165, 1.54) is 11.1 Å². The van der Waals surface area contributed by atoms with E-state index in [1.54, 1.807) is 19.4 Å². The first-order chi connectivity index (χ1) is 27.9. The number of nitrogens with zero attached hydrogens (tertiary/aromatic N) is 3. The van der Waals surface area contributed by atoms with Crippen molar-refractivity contribution in [3.05, 3.63) is 93.8 Å². The Balaban J connectivity index is 1.13. The smallest absolute Gasteiger partial charge is 0.286 e. The number of ether oxygens (including phenoxy) is 3. The number of halogens is 1. The van der Waals surface area contributed by atoms with Crippen molar-refractivity contribution in [3.8, 4) is 5.75 Å². The molecule has 2 amide bonds. The summed E-state index contributed by atoms with van der Waals surface area (Å²) in [5.41, 5.74) is 4.86. The third-order valence-electron chi connectivity index (χ3n) is 13.7. The number of benzene rings is 2. The average molecular weight is 832 g/mol. The van der Waals surface area contributed by atoms with Crippen LogP contribution in [0.15, 0.2) is 65.2 Å². The number of anilines is 1. The van der Waals surface area contributed by atoms with Crippen molar-refractivity contribution >= 4 is 39.0 Å². The molecule has 3 aliphatic heterocycles. The fraction of sp³-hybridized carbons (Fsp3) is 0.565. The molecule has 312 valence electrons. The van der Waals surface area contributed by atoms with Gasteiger partial charge >= 0.3 is 0 Å². The van der Waals surface area contributed by atoms with E-state index in [9.17, 15) is 13.8 Å². The zero-order valence-electron chi connectivity index (χ0n) is 34.4. The van der Waals surface area contributed by atoms with Crippen LogP contribution in [0.25, 0.3) is 0 Å². The van der Waals surface area contributed by atoms with Crippen LogP contribution in [0.3, 0.4) is 0 Å². The van der Waals surface area contributed by atoms with E-state index in [1.807, 2.05) is 42.8 Å². The van der Waals surface area contributed by atoms with E-state index in [0.29, 0.717) is 53.6 Å². The summed E-state index contributed by atoms with van der Waals surface area (Å²) in [5, 5.41) is 0.743. The molecule has 1 saturated heterocycles. The molecule has 8 rings (SSSR count). The second kappa shape index (κ2) is 17.1. The lowest BCUT2D eigenvalue weighted by Crippen LogP contribution is -2.49. The third kappa shape index (κ3) is 8.65. The quantitative estimate of drug-likeness (QED) is 0.249. The number of hydrogen-bond acceptors (Lipinski definition) is 7. The molecule has 10 nitrogen and oxygen atoms in total. The first-order valence-corrected chi connectivity index (χ1v) is 23.3. The van der Waals surface area contributed by atoms with Crippen molar-refractivity contribution in [2.75, 3.05) is 50.7 Å². The Morgan fingerprint density at radius 3 is 2.74 bits per heavy atom. The number of carbonyl (C=O) groups excluding carboxylic acids is 2. The second-order valence-electron chi connectivity index (χ2n) is 17.9. The highest BCUT2D eigenvalue weighted by atomic mass is 35.5. The number of allylic oxidation sites excluding steroid dienone is 1. The molecule has 1 spiro atoms. The minimum absolute atomic E-state index is 0.0190. The van der Waals surface area contributed by atoms with Gasteiger partial charge in [0.15, 0.2) is 0 Å². The van der Waals surface area contributed by atoms with Crippen LogP contribution < -0.4 is 14.4 Å². The summed E-state index contributed by atoms with van der Waals surface area (Å²) in [5.74, 6) is 1.18. The molecule has 1 aromatic heterocycles. The van der Waals surface area contributed by atoms with Crippen LogP contribution in [0.5, 0.6) is 5.75 Å². The van der Waals surface area contributed by atoms with Crippen molar-refractivity contribution in [1.82, 2.24) is 9.29 Å². The maximum atomic E-state index is 14.9. The summed E-state index contributed by atoms with van der Waals surface area (Å²) < 4.78 is 42.4. The number of methoxy groups -OCH3 is 1. The number of aryl methyl sites for hydroxylation is 2. The molecule has 2 aliphatic carbocycles. The van der Waals surface area contributed by atoms with Crippen molar-refractivity contribution in [3.63, 3.8) is 0 Å². The Morgan fingerprint density at radius 2 is 1.97 bits per heavy atom. The second-order valence-corrected chi connectivity index (χ2v) is 20.3. The number of fused-ring (bicyclic) bond motifs is 4. The summed E-state index contributed by atoms with van der Waals surface area (Å²) in [4.78, 5) is 30.6. The lowest BCUT2D eigenvalue weighted by molar-refractivity contribution is 0.0131. The van der Waals surface area contributed by atoms with E-state index < -0.39 is 21.7 Å². The average Bonchev–Trinajstić information content (AvgIpc) is 3.49. The van der Waals surface area contributed by atoms with Crippen LogP contribution >= 0.6 is 11.6 Å². The van der Waals surface area contributed by atoms with E-state index in [-0.39, 0.29) is 23.2 Å². The zero-order valence-corrected chi connectivity index (χ0v) is 36.0.